The quantitative estimate of drug-likeness (QED) is 0.199. The van der Waals surface area contributed by atoms with E-state index in [0.29, 0.717) is 23.1 Å². The first kappa shape index (κ1) is 24.3. The summed E-state index contributed by atoms with van der Waals surface area (Å²) in [5.41, 5.74) is 6.86. The van der Waals surface area contributed by atoms with E-state index in [-0.39, 0.29) is 6.03 Å². The van der Waals surface area contributed by atoms with Gasteiger partial charge in [0.05, 0.1) is 5.39 Å². The van der Waals surface area contributed by atoms with Gasteiger partial charge in [0.1, 0.15) is 23.4 Å². The standard InChI is InChI=1S/C29H23N7O2S/c37-28(35-29-36-33-18-39-29)34-22-13-11-19(12-14-22)15-16-30-26-24-23(20-7-3-1-4-8-20)25(21-9-5-2-6-10-21)38-27(24)32-17-31-26/h1-14,17-18H,15-16H2,(H,30,31,32)(H2,34,35,36,37). The summed E-state index contributed by atoms with van der Waals surface area (Å²) in [4.78, 5) is 21.1. The zero-order valence-corrected chi connectivity index (χ0v) is 21.5. The molecule has 0 fully saturated rings. The molecule has 0 atom stereocenters. The van der Waals surface area contributed by atoms with E-state index in [0.717, 1.165) is 45.6 Å². The van der Waals surface area contributed by atoms with Gasteiger partial charge in [0.25, 0.3) is 0 Å². The number of hydrogen-bond donors (Lipinski definition) is 3. The summed E-state index contributed by atoms with van der Waals surface area (Å²) in [6.07, 6.45) is 2.28. The van der Waals surface area contributed by atoms with Crippen LogP contribution >= 0.6 is 11.3 Å². The van der Waals surface area contributed by atoms with Gasteiger partial charge in [0, 0.05) is 23.4 Å². The van der Waals surface area contributed by atoms with Crippen LogP contribution in [0, 0.1) is 0 Å². The third kappa shape index (κ3) is 5.46. The third-order valence-electron chi connectivity index (χ3n) is 6.09. The van der Waals surface area contributed by atoms with Gasteiger partial charge in [-0.25, -0.2) is 14.8 Å². The predicted molar refractivity (Wildman–Crippen MR) is 154 cm³/mol. The Balaban J connectivity index is 1.19. The lowest BCUT2D eigenvalue weighted by molar-refractivity contribution is 0.262. The molecule has 0 aliphatic heterocycles. The number of urea groups is 1. The molecule has 0 spiro atoms. The topological polar surface area (TPSA) is 118 Å². The molecular formula is C29H23N7O2S. The summed E-state index contributed by atoms with van der Waals surface area (Å²) in [5, 5.41) is 17.7. The van der Waals surface area contributed by atoms with E-state index in [1.54, 1.807) is 5.51 Å². The Hall–Kier alpha value is -5.09. The number of aromatic nitrogens is 4. The Kier molecular flexibility index (Phi) is 6.91. The summed E-state index contributed by atoms with van der Waals surface area (Å²) >= 11 is 1.26. The molecule has 0 radical (unpaired) electrons. The Morgan fingerprint density at radius 3 is 2.31 bits per heavy atom. The van der Waals surface area contributed by atoms with E-state index in [1.807, 2.05) is 72.8 Å². The Labute approximate surface area is 228 Å². The van der Waals surface area contributed by atoms with Crippen molar-refractivity contribution in [2.75, 3.05) is 22.5 Å². The summed E-state index contributed by atoms with van der Waals surface area (Å²) < 4.78 is 6.29. The molecule has 6 aromatic rings. The van der Waals surface area contributed by atoms with Gasteiger partial charge in [-0.2, -0.15) is 0 Å². The second-order valence-corrected chi connectivity index (χ2v) is 9.47. The molecule has 0 bridgehead atoms. The number of nitrogens with zero attached hydrogens (tertiary/aromatic N) is 4. The van der Waals surface area contributed by atoms with E-state index >= 15 is 0 Å². The Morgan fingerprint density at radius 2 is 1.59 bits per heavy atom. The van der Waals surface area contributed by atoms with Crippen molar-refractivity contribution >= 4 is 45.1 Å². The highest BCUT2D eigenvalue weighted by molar-refractivity contribution is 7.13. The molecule has 0 aliphatic carbocycles. The van der Waals surface area contributed by atoms with Gasteiger partial charge in [-0.3, -0.25) is 5.32 Å². The summed E-state index contributed by atoms with van der Waals surface area (Å²) in [7, 11) is 0. The minimum atomic E-state index is -0.363. The molecule has 39 heavy (non-hydrogen) atoms. The second-order valence-electron chi connectivity index (χ2n) is 8.64. The number of anilines is 3. The van der Waals surface area contributed by atoms with E-state index in [2.05, 4.69) is 48.2 Å². The smallest absolute Gasteiger partial charge is 0.325 e. The number of carbonyl (C=O) groups is 1. The number of rotatable bonds is 8. The fourth-order valence-corrected chi connectivity index (χ4v) is 4.75. The van der Waals surface area contributed by atoms with Crippen LogP contribution in [0.4, 0.5) is 21.4 Å². The van der Waals surface area contributed by atoms with Crippen LogP contribution < -0.4 is 16.0 Å². The molecule has 0 saturated heterocycles. The van der Waals surface area contributed by atoms with Crippen molar-refractivity contribution in [2.45, 2.75) is 6.42 Å². The third-order valence-corrected chi connectivity index (χ3v) is 6.69. The average molecular weight is 534 g/mol. The number of hydrogen-bond acceptors (Lipinski definition) is 8. The monoisotopic (exact) mass is 533 g/mol. The van der Waals surface area contributed by atoms with Crippen LogP contribution in [-0.4, -0.2) is 32.7 Å². The molecule has 10 heteroatoms. The predicted octanol–water partition coefficient (Wildman–Crippen LogP) is 6.71. The minimum Gasteiger partial charge on any atom is -0.437 e. The molecule has 3 heterocycles. The lowest BCUT2D eigenvalue weighted by atomic mass is 9.99. The van der Waals surface area contributed by atoms with Crippen molar-refractivity contribution in [1.29, 1.82) is 0 Å². The molecule has 0 saturated carbocycles. The highest BCUT2D eigenvalue weighted by Crippen LogP contribution is 2.42. The molecule has 3 N–H and O–H groups in total. The first-order valence-corrected chi connectivity index (χ1v) is 13.2. The number of fused-ring (bicyclic) bond motifs is 1. The van der Waals surface area contributed by atoms with E-state index in [4.69, 9.17) is 4.42 Å². The number of amides is 2. The van der Waals surface area contributed by atoms with E-state index in [9.17, 15) is 4.79 Å². The van der Waals surface area contributed by atoms with Gasteiger partial charge in [-0.05, 0) is 29.7 Å². The van der Waals surface area contributed by atoms with E-state index < -0.39 is 0 Å². The molecule has 6 rings (SSSR count). The maximum atomic E-state index is 12.1. The second kappa shape index (κ2) is 11.1. The van der Waals surface area contributed by atoms with Crippen molar-refractivity contribution in [2.24, 2.45) is 0 Å². The summed E-state index contributed by atoms with van der Waals surface area (Å²) in [6, 6.07) is 27.5. The molecule has 2 amide bonds. The maximum Gasteiger partial charge on any atom is 0.325 e. The van der Waals surface area contributed by atoms with Crippen molar-refractivity contribution in [1.82, 2.24) is 20.2 Å². The Bertz CT molecular complexity index is 1690. The SMILES string of the molecule is O=C(Nc1ccc(CCNc2ncnc3oc(-c4ccccc4)c(-c4ccccc4)c23)cc1)Nc1nncs1. The maximum absolute atomic E-state index is 12.1. The molecule has 3 aromatic heterocycles. The van der Waals surface area contributed by atoms with Crippen molar-refractivity contribution in [3.8, 4) is 22.5 Å². The Morgan fingerprint density at radius 1 is 0.846 bits per heavy atom. The minimum absolute atomic E-state index is 0.363. The fraction of sp³-hybridized carbons (Fsp3) is 0.0690. The summed E-state index contributed by atoms with van der Waals surface area (Å²) in [6.45, 7) is 0.649. The molecule has 9 nitrogen and oxygen atoms in total. The van der Waals surface area contributed by atoms with E-state index in [1.165, 1.54) is 17.7 Å². The van der Waals surface area contributed by atoms with Gasteiger partial charge in [0.15, 0.2) is 0 Å². The normalized spacial score (nSPS) is 10.9. The van der Waals surface area contributed by atoms with Crippen LogP contribution in [0.2, 0.25) is 0 Å². The number of carbonyl (C=O) groups excluding carboxylic acids is 1. The number of benzene rings is 3. The average Bonchev–Trinajstić information content (AvgIpc) is 3.63. The zero-order valence-electron chi connectivity index (χ0n) is 20.7. The first-order chi connectivity index (χ1) is 19.2. The fourth-order valence-electron chi connectivity index (χ4n) is 4.31. The highest BCUT2D eigenvalue weighted by atomic mass is 32.1. The van der Waals surface area contributed by atoms with Gasteiger partial charge < -0.3 is 15.1 Å². The van der Waals surface area contributed by atoms with Crippen LogP contribution in [0.1, 0.15) is 5.56 Å². The lowest BCUT2D eigenvalue weighted by Gasteiger charge is -2.09. The van der Waals surface area contributed by atoms with Crippen molar-refractivity contribution in [3.05, 3.63) is 102 Å². The van der Waals surface area contributed by atoms with Crippen molar-refractivity contribution < 1.29 is 9.21 Å². The molecule has 0 aliphatic rings. The lowest BCUT2D eigenvalue weighted by Crippen LogP contribution is -2.19. The molecule has 192 valence electrons. The van der Waals surface area contributed by atoms with Crippen LogP contribution in [0.25, 0.3) is 33.6 Å². The first-order valence-electron chi connectivity index (χ1n) is 12.3. The van der Waals surface area contributed by atoms with Crippen LogP contribution in [-0.2, 0) is 6.42 Å². The molecule has 3 aromatic carbocycles. The summed E-state index contributed by atoms with van der Waals surface area (Å²) in [5.74, 6) is 1.48. The van der Waals surface area contributed by atoms with Gasteiger partial charge in [0.2, 0.25) is 10.8 Å². The van der Waals surface area contributed by atoms with Gasteiger partial charge in [-0.15, -0.1) is 10.2 Å². The number of furan rings is 1. The zero-order chi connectivity index (χ0) is 26.4. The molecular weight excluding hydrogens is 510 g/mol. The highest BCUT2D eigenvalue weighted by Gasteiger charge is 2.21. The van der Waals surface area contributed by atoms with Gasteiger partial charge >= 0.3 is 6.03 Å². The number of nitrogens with one attached hydrogen (secondary N) is 3. The van der Waals surface area contributed by atoms with Gasteiger partial charge in [-0.1, -0.05) is 84.1 Å². The largest absolute Gasteiger partial charge is 0.437 e. The van der Waals surface area contributed by atoms with Crippen LogP contribution in [0.3, 0.4) is 0 Å². The van der Waals surface area contributed by atoms with Crippen LogP contribution in [0.15, 0.2) is 101 Å². The van der Waals surface area contributed by atoms with Crippen molar-refractivity contribution in [3.63, 3.8) is 0 Å². The molecule has 0 unspecified atom stereocenters. The van der Waals surface area contributed by atoms with Crippen LogP contribution in [0.5, 0.6) is 0 Å².